The first-order chi connectivity index (χ1) is 11.7. The van der Waals surface area contributed by atoms with Gasteiger partial charge in [-0.1, -0.05) is 15.9 Å². The topological polar surface area (TPSA) is 66.5 Å². The number of carbonyl (C=O) groups excluding carboxylic acids is 1. The van der Waals surface area contributed by atoms with Crippen LogP contribution in [0, 0.1) is 6.92 Å². The van der Waals surface area contributed by atoms with E-state index in [2.05, 4.69) is 36.6 Å². The van der Waals surface area contributed by atoms with E-state index in [1.807, 2.05) is 6.92 Å². The lowest BCUT2D eigenvalue weighted by atomic mass is 10.2. The van der Waals surface area contributed by atoms with Crippen LogP contribution in [-0.4, -0.2) is 20.9 Å². The van der Waals surface area contributed by atoms with Crippen LogP contribution in [0.15, 0.2) is 44.2 Å². The number of rotatable bonds is 3. The van der Waals surface area contributed by atoms with Crippen LogP contribution in [0.2, 0.25) is 0 Å². The van der Waals surface area contributed by atoms with Gasteiger partial charge in [0.25, 0.3) is 10.0 Å². The molecule has 0 aliphatic carbocycles. The number of aryl methyl sites for hydroxylation is 1. The number of benzene rings is 2. The van der Waals surface area contributed by atoms with Gasteiger partial charge in [-0.15, -0.1) is 0 Å². The number of sulfonamides is 1. The Bertz CT molecular complexity index is 974. The first-order valence-corrected chi connectivity index (χ1v) is 10.7. The fourth-order valence-electron chi connectivity index (χ4n) is 2.84. The number of hydrogen-bond acceptors (Lipinski definition) is 3. The average Bonchev–Trinajstić information content (AvgIpc) is 2.92. The summed E-state index contributed by atoms with van der Waals surface area (Å²) in [5.41, 5.74) is 3.02. The van der Waals surface area contributed by atoms with E-state index in [0.717, 1.165) is 15.6 Å². The van der Waals surface area contributed by atoms with Crippen molar-refractivity contribution < 1.29 is 13.2 Å². The maximum Gasteiger partial charge on any atom is 0.263 e. The van der Waals surface area contributed by atoms with E-state index in [1.165, 1.54) is 6.92 Å². The average molecular weight is 488 g/mol. The smallest absolute Gasteiger partial charge is 0.263 e. The quantitative estimate of drug-likeness (QED) is 0.704. The van der Waals surface area contributed by atoms with Gasteiger partial charge in [-0.05, 0) is 70.7 Å². The summed E-state index contributed by atoms with van der Waals surface area (Å²) in [7, 11) is -3.79. The molecule has 0 saturated carbocycles. The van der Waals surface area contributed by atoms with Gasteiger partial charge in [0.1, 0.15) is 4.90 Å². The minimum atomic E-state index is -3.79. The molecular weight excluding hydrogens is 472 g/mol. The highest BCUT2D eigenvalue weighted by Crippen LogP contribution is 2.36. The van der Waals surface area contributed by atoms with Crippen LogP contribution >= 0.6 is 31.9 Å². The number of halogens is 2. The Balaban J connectivity index is 2.01. The third-order valence-corrected chi connectivity index (χ3v) is 7.34. The van der Waals surface area contributed by atoms with E-state index in [0.29, 0.717) is 28.8 Å². The van der Waals surface area contributed by atoms with Crippen molar-refractivity contribution in [2.45, 2.75) is 25.2 Å². The van der Waals surface area contributed by atoms with Crippen molar-refractivity contribution >= 4 is 59.2 Å². The zero-order valence-electron chi connectivity index (χ0n) is 13.6. The lowest BCUT2D eigenvalue weighted by Crippen LogP contribution is -2.26. The van der Waals surface area contributed by atoms with E-state index in [-0.39, 0.29) is 10.8 Å². The van der Waals surface area contributed by atoms with Crippen molar-refractivity contribution in [1.82, 2.24) is 0 Å². The summed E-state index contributed by atoms with van der Waals surface area (Å²) >= 11 is 6.75. The number of anilines is 2. The number of carbonyl (C=O) groups is 1. The normalized spacial score (nSPS) is 13.7. The fraction of sp³-hybridized carbons (Fsp3) is 0.235. The Morgan fingerprint density at radius 1 is 1.16 bits per heavy atom. The molecule has 1 amide bonds. The maximum absolute atomic E-state index is 12.8. The first kappa shape index (κ1) is 18.4. The molecular formula is C17H16Br2N2O3S. The Morgan fingerprint density at radius 2 is 1.88 bits per heavy atom. The standard InChI is InChI=1S/C17H16Br2N2O3S/c1-10-7-13(3-4-14(10)18)20-25(23,24)17-9-16-12(8-15(17)19)5-6-21(16)11(2)22/h3-4,7-9,20H,5-6H2,1-2H3. The predicted octanol–water partition coefficient (Wildman–Crippen LogP) is 4.23. The molecule has 2 aromatic rings. The molecule has 1 aliphatic rings. The molecule has 25 heavy (non-hydrogen) atoms. The van der Waals surface area contributed by atoms with Crippen molar-refractivity contribution in [3.63, 3.8) is 0 Å². The van der Waals surface area contributed by atoms with Gasteiger partial charge in [0.15, 0.2) is 0 Å². The molecule has 0 fully saturated rings. The molecule has 0 atom stereocenters. The largest absolute Gasteiger partial charge is 0.312 e. The highest BCUT2D eigenvalue weighted by molar-refractivity contribution is 9.10. The summed E-state index contributed by atoms with van der Waals surface area (Å²) < 4.78 is 29.7. The van der Waals surface area contributed by atoms with Gasteiger partial charge >= 0.3 is 0 Å². The minimum Gasteiger partial charge on any atom is -0.312 e. The summed E-state index contributed by atoms with van der Waals surface area (Å²) in [6.45, 7) is 3.94. The molecule has 0 bridgehead atoms. The van der Waals surface area contributed by atoms with Gasteiger partial charge in [-0.2, -0.15) is 0 Å². The zero-order valence-corrected chi connectivity index (χ0v) is 17.6. The number of fused-ring (bicyclic) bond motifs is 1. The van der Waals surface area contributed by atoms with Gasteiger partial charge in [-0.3, -0.25) is 9.52 Å². The molecule has 0 aromatic heterocycles. The van der Waals surface area contributed by atoms with Crippen molar-refractivity contribution in [3.05, 3.63) is 50.4 Å². The zero-order chi connectivity index (χ0) is 18.4. The predicted molar refractivity (Wildman–Crippen MR) is 106 cm³/mol. The molecule has 0 unspecified atom stereocenters. The maximum atomic E-state index is 12.8. The fourth-order valence-corrected chi connectivity index (χ4v) is 5.25. The monoisotopic (exact) mass is 486 g/mol. The molecule has 0 spiro atoms. The molecule has 0 saturated heterocycles. The van der Waals surface area contributed by atoms with Crippen LogP contribution in [0.3, 0.4) is 0 Å². The van der Waals surface area contributed by atoms with Crippen LogP contribution in [0.4, 0.5) is 11.4 Å². The van der Waals surface area contributed by atoms with E-state index >= 15 is 0 Å². The van der Waals surface area contributed by atoms with E-state index in [4.69, 9.17) is 0 Å². The van der Waals surface area contributed by atoms with Gasteiger partial charge in [-0.25, -0.2) is 8.42 Å². The van der Waals surface area contributed by atoms with E-state index in [9.17, 15) is 13.2 Å². The molecule has 1 aliphatic heterocycles. The molecule has 132 valence electrons. The minimum absolute atomic E-state index is 0.0964. The number of nitrogens with zero attached hydrogens (tertiary/aromatic N) is 1. The highest BCUT2D eigenvalue weighted by Gasteiger charge is 2.27. The Hall–Kier alpha value is -1.38. The molecule has 1 N–H and O–H groups in total. The summed E-state index contributed by atoms with van der Waals surface area (Å²) in [6, 6.07) is 8.58. The SMILES string of the molecule is CC(=O)N1CCc2cc(Br)c(S(=O)(=O)Nc3ccc(Br)c(C)c3)cc21. The van der Waals surface area contributed by atoms with Crippen molar-refractivity contribution in [2.24, 2.45) is 0 Å². The van der Waals surface area contributed by atoms with Crippen LogP contribution in [0.25, 0.3) is 0 Å². The highest BCUT2D eigenvalue weighted by atomic mass is 79.9. The summed E-state index contributed by atoms with van der Waals surface area (Å²) in [6.07, 6.45) is 0.715. The second kappa shape index (κ2) is 6.74. The lowest BCUT2D eigenvalue weighted by molar-refractivity contribution is -0.116. The second-order valence-electron chi connectivity index (χ2n) is 5.90. The Morgan fingerprint density at radius 3 is 2.52 bits per heavy atom. The number of amides is 1. The van der Waals surface area contributed by atoms with Gasteiger partial charge in [0, 0.05) is 33.8 Å². The molecule has 0 radical (unpaired) electrons. The van der Waals surface area contributed by atoms with Crippen LogP contribution in [0.1, 0.15) is 18.1 Å². The summed E-state index contributed by atoms with van der Waals surface area (Å²) in [5.74, 6) is -0.0964. The molecule has 3 rings (SSSR count). The molecule has 2 aromatic carbocycles. The molecule has 1 heterocycles. The van der Waals surface area contributed by atoms with Crippen LogP contribution in [-0.2, 0) is 21.2 Å². The van der Waals surface area contributed by atoms with Crippen LogP contribution < -0.4 is 9.62 Å². The number of nitrogens with one attached hydrogen (secondary N) is 1. The van der Waals surface area contributed by atoms with Crippen molar-refractivity contribution in [2.75, 3.05) is 16.2 Å². The first-order valence-electron chi connectivity index (χ1n) is 7.58. The van der Waals surface area contributed by atoms with Gasteiger partial charge < -0.3 is 4.90 Å². The van der Waals surface area contributed by atoms with E-state index in [1.54, 1.807) is 35.2 Å². The number of hydrogen-bond donors (Lipinski definition) is 1. The van der Waals surface area contributed by atoms with E-state index < -0.39 is 10.0 Å². The Kier molecular flexibility index (Phi) is 4.96. The van der Waals surface area contributed by atoms with Crippen molar-refractivity contribution in [3.8, 4) is 0 Å². The Labute approximate surface area is 163 Å². The third kappa shape index (κ3) is 3.61. The second-order valence-corrected chi connectivity index (χ2v) is 9.26. The van der Waals surface area contributed by atoms with Gasteiger partial charge in [0.05, 0.1) is 0 Å². The lowest BCUT2D eigenvalue weighted by Gasteiger charge is -2.17. The molecule has 5 nitrogen and oxygen atoms in total. The van der Waals surface area contributed by atoms with Crippen LogP contribution in [0.5, 0.6) is 0 Å². The van der Waals surface area contributed by atoms with Crippen molar-refractivity contribution in [1.29, 1.82) is 0 Å². The van der Waals surface area contributed by atoms with Gasteiger partial charge in [0.2, 0.25) is 5.91 Å². The summed E-state index contributed by atoms with van der Waals surface area (Å²) in [5, 5.41) is 0. The molecule has 8 heteroatoms. The third-order valence-electron chi connectivity index (χ3n) is 4.11. The summed E-state index contributed by atoms with van der Waals surface area (Å²) in [4.78, 5) is 13.5.